The van der Waals surface area contributed by atoms with Gasteiger partial charge in [0.25, 0.3) is 5.91 Å². The van der Waals surface area contributed by atoms with Gasteiger partial charge >= 0.3 is 0 Å². The van der Waals surface area contributed by atoms with Gasteiger partial charge in [-0.05, 0) is 55.9 Å². The number of pyridine rings is 1. The molecule has 0 unspecified atom stereocenters. The first-order valence-corrected chi connectivity index (χ1v) is 12.3. The van der Waals surface area contributed by atoms with E-state index in [0.717, 1.165) is 17.3 Å². The van der Waals surface area contributed by atoms with Gasteiger partial charge in [-0.3, -0.25) is 20.4 Å². The van der Waals surface area contributed by atoms with Crippen molar-refractivity contribution < 1.29 is 22.6 Å². The van der Waals surface area contributed by atoms with Crippen LogP contribution in [-0.2, 0) is 21.9 Å². The summed E-state index contributed by atoms with van der Waals surface area (Å²) in [5.41, 5.74) is 5.41. The number of carbonyl (C=O) groups is 2. The Morgan fingerprint density at radius 3 is 2.23 bits per heavy atom. The smallest absolute Gasteiger partial charge is 0.270 e. The van der Waals surface area contributed by atoms with E-state index in [-0.39, 0.29) is 28.5 Å². The van der Waals surface area contributed by atoms with E-state index in [9.17, 15) is 18.0 Å². The number of hydrazine groups is 1. The van der Waals surface area contributed by atoms with Crippen LogP contribution in [-0.4, -0.2) is 26.8 Å². The van der Waals surface area contributed by atoms with Crippen molar-refractivity contribution in [2.75, 3.05) is 6.54 Å². The lowest BCUT2D eigenvalue weighted by molar-refractivity contribution is -0.671. The molecule has 31 heavy (non-hydrogen) atoms. The topological polar surface area (TPSA) is 108 Å². The summed E-state index contributed by atoms with van der Waals surface area (Å²) in [5.74, 6) is -0.615. The van der Waals surface area contributed by atoms with E-state index in [4.69, 9.17) is 0 Å². The molecule has 0 bridgehead atoms. The van der Waals surface area contributed by atoms with Crippen molar-refractivity contribution in [3.8, 4) is 0 Å². The van der Waals surface area contributed by atoms with Gasteiger partial charge in [0, 0.05) is 29.1 Å². The summed E-state index contributed by atoms with van der Waals surface area (Å²) < 4.78 is 30.1. The standard InChI is InChI=1S/C21H25BrN4O4S/c1-26-12-10-17(11-13-26)21(28)25-24-20(27)16-4-2-15(3-5-16)14-23-31(29,30)19-8-6-18(22)7-9-19/h6-13,15-16,23,28H,2-5,14H2,1H3/p+1. The molecule has 0 aliphatic heterocycles. The average molecular weight is 510 g/mol. The molecule has 2 amide bonds. The van der Waals surface area contributed by atoms with Crippen LogP contribution in [0.2, 0.25) is 0 Å². The number of sulfonamides is 1. The molecule has 8 nitrogen and oxygen atoms in total. The molecule has 1 heterocycles. The fourth-order valence-electron chi connectivity index (χ4n) is 3.50. The second-order valence-corrected chi connectivity index (χ2v) is 10.4. The number of aryl methyl sites for hydroxylation is 1. The van der Waals surface area contributed by atoms with Crippen molar-refractivity contribution >= 4 is 37.8 Å². The molecule has 1 aliphatic carbocycles. The highest BCUT2D eigenvalue weighted by atomic mass is 79.9. The maximum Gasteiger partial charge on any atom is 0.270 e. The van der Waals surface area contributed by atoms with Crippen LogP contribution in [0.3, 0.4) is 0 Å². The number of aromatic nitrogens is 1. The van der Waals surface area contributed by atoms with Crippen LogP contribution >= 0.6 is 15.9 Å². The van der Waals surface area contributed by atoms with E-state index in [0.29, 0.717) is 24.9 Å². The second-order valence-electron chi connectivity index (χ2n) is 7.72. The molecule has 166 valence electrons. The van der Waals surface area contributed by atoms with E-state index in [1.54, 1.807) is 48.8 Å². The minimum atomic E-state index is -3.55. The Labute approximate surface area is 190 Å². The normalized spacial score (nSPS) is 18.9. The summed E-state index contributed by atoms with van der Waals surface area (Å²) in [4.78, 5) is 24.7. The van der Waals surface area contributed by atoms with Crippen LogP contribution in [0.1, 0.15) is 36.0 Å². The van der Waals surface area contributed by atoms with E-state index < -0.39 is 10.0 Å². The molecule has 3 rings (SSSR count). The van der Waals surface area contributed by atoms with E-state index in [1.165, 1.54) is 0 Å². The van der Waals surface area contributed by atoms with Gasteiger partial charge in [-0.1, -0.05) is 15.9 Å². The lowest BCUT2D eigenvalue weighted by Gasteiger charge is -2.27. The molecule has 1 aromatic carbocycles. The van der Waals surface area contributed by atoms with E-state index in [2.05, 4.69) is 31.5 Å². The number of halogens is 1. The summed E-state index contributed by atoms with van der Waals surface area (Å²) in [5, 5.41) is 0. The third-order valence-corrected chi connectivity index (χ3v) is 7.41. The Bertz CT molecular complexity index is 1020. The maximum atomic E-state index is 12.4. The number of hydrogen-bond acceptors (Lipinski definition) is 4. The monoisotopic (exact) mass is 509 g/mol. The van der Waals surface area contributed by atoms with Crippen LogP contribution < -0.4 is 20.1 Å². The molecule has 0 spiro atoms. The zero-order valence-corrected chi connectivity index (χ0v) is 19.6. The molecule has 1 saturated carbocycles. The molecule has 1 aromatic heterocycles. The molecule has 10 heteroatoms. The van der Waals surface area contributed by atoms with Crippen molar-refractivity contribution in [2.24, 2.45) is 18.9 Å². The van der Waals surface area contributed by atoms with Gasteiger partial charge in [0.1, 0.15) is 7.05 Å². The maximum absolute atomic E-state index is 12.4. The van der Waals surface area contributed by atoms with Crippen LogP contribution in [0.15, 0.2) is 58.2 Å². The fourth-order valence-corrected chi connectivity index (χ4v) is 4.88. The van der Waals surface area contributed by atoms with Crippen molar-refractivity contribution in [2.45, 2.75) is 30.6 Å². The summed E-state index contributed by atoms with van der Waals surface area (Å²) in [7, 11) is -1.70. The predicted octanol–water partition coefficient (Wildman–Crippen LogP) is 1.82. The molecular weight excluding hydrogens is 484 g/mol. The van der Waals surface area contributed by atoms with Gasteiger partial charge in [0.15, 0.2) is 12.4 Å². The van der Waals surface area contributed by atoms with Crippen LogP contribution in [0.4, 0.5) is 0 Å². The Morgan fingerprint density at radius 1 is 1.00 bits per heavy atom. The first-order valence-electron chi connectivity index (χ1n) is 10.1. The average Bonchev–Trinajstić information content (AvgIpc) is 2.77. The highest BCUT2D eigenvalue weighted by Gasteiger charge is 2.27. The minimum absolute atomic E-state index is 0.175. The Balaban J connectivity index is 1.41. The van der Waals surface area contributed by atoms with Crippen LogP contribution in [0.5, 0.6) is 0 Å². The minimum Gasteiger partial charge on any atom is -0.273 e. The van der Waals surface area contributed by atoms with E-state index >= 15 is 0 Å². The number of hydrogen-bond donors (Lipinski definition) is 3. The van der Waals surface area contributed by atoms with Crippen molar-refractivity contribution in [3.05, 3.63) is 58.8 Å². The number of nitrogens with one attached hydrogen (secondary N) is 3. The van der Waals surface area contributed by atoms with Gasteiger partial charge in [0.05, 0.1) is 10.5 Å². The molecule has 2 aromatic rings. The molecule has 1 aliphatic rings. The molecule has 0 atom stereocenters. The van der Waals surface area contributed by atoms with Gasteiger partial charge in [-0.15, -0.1) is 0 Å². The highest BCUT2D eigenvalue weighted by molar-refractivity contribution is 9.10. The first kappa shape index (κ1) is 23.4. The number of amides is 2. The lowest BCUT2D eigenvalue weighted by Crippen LogP contribution is -2.45. The second kappa shape index (κ2) is 10.3. The van der Waals surface area contributed by atoms with Crippen molar-refractivity contribution in [1.29, 1.82) is 0 Å². The Morgan fingerprint density at radius 2 is 1.61 bits per heavy atom. The molecule has 1 fully saturated rings. The fraction of sp³-hybridized carbons (Fsp3) is 0.381. The van der Waals surface area contributed by atoms with Gasteiger partial charge < -0.3 is 0 Å². The van der Waals surface area contributed by atoms with Crippen molar-refractivity contribution in [1.82, 2.24) is 15.6 Å². The largest absolute Gasteiger partial charge is 0.273 e. The molecule has 3 N–H and O–H groups in total. The zero-order chi connectivity index (χ0) is 22.4. The zero-order valence-electron chi connectivity index (χ0n) is 17.2. The molecule has 0 radical (unpaired) electrons. The number of nitrogens with zero attached hydrogens (tertiary/aromatic N) is 1. The molecular formula is C21H26BrN4O4S+. The van der Waals surface area contributed by atoms with Crippen LogP contribution in [0, 0.1) is 11.8 Å². The quantitative estimate of drug-likeness (QED) is 0.407. The number of rotatable bonds is 6. The third-order valence-electron chi connectivity index (χ3n) is 5.44. The third kappa shape index (κ3) is 6.59. The summed E-state index contributed by atoms with van der Waals surface area (Å²) >= 11 is 3.29. The summed E-state index contributed by atoms with van der Waals surface area (Å²) in [6.45, 7) is 0.342. The summed E-state index contributed by atoms with van der Waals surface area (Å²) in [6.07, 6.45) is 6.28. The van der Waals surface area contributed by atoms with Gasteiger partial charge in [-0.25, -0.2) is 17.7 Å². The lowest BCUT2D eigenvalue weighted by atomic mass is 9.82. The molecule has 0 saturated heterocycles. The first-order chi connectivity index (χ1) is 14.7. The van der Waals surface area contributed by atoms with Gasteiger partial charge in [0.2, 0.25) is 15.9 Å². The van der Waals surface area contributed by atoms with Crippen molar-refractivity contribution in [3.63, 3.8) is 0 Å². The van der Waals surface area contributed by atoms with E-state index in [1.807, 2.05) is 11.6 Å². The predicted molar refractivity (Wildman–Crippen MR) is 118 cm³/mol. The Kier molecular flexibility index (Phi) is 7.79. The summed E-state index contributed by atoms with van der Waals surface area (Å²) in [6, 6.07) is 9.82. The van der Waals surface area contributed by atoms with Crippen LogP contribution in [0.25, 0.3) is 0 Å². The number of benzene rings is 1. The highest BCUT2D eigenvalue weighted by Crippen LogP contribution is 2.28. The number of carbonyl (C=O) groups excluding carboxylic acids is 2. The SMILES string of the molecule is C[n+]1ccc(C(=O)NNC(=O)C2CCC(CNS(=O)(=O)c3ccc(Br)cc3)CC2)cc1. The Hall–Kier alpha value is -2.30. The van der Waals surface area contributed by atoms with Gasteiger partial charge in [-0.2, -0.15) is 0 Å².